The van der Waals surface area contributed by atoms with Gasteiger partial charge in [0.15, 0.2) is 0 Å². The van der Waals surface area contributed by atoms with Gasteiger partial charge in [-0.2, -0.15) is 5.48 Å². The predicted molar refractivity (Wildman–Crippen MR) is 99.7 cm³/mol. The third kappa shape index (κ3) is 4.57. The van der Waals surface area contributed by atoms with Crippen molar-refractivity contribution in [3.63, 3.8) is 0 Å². The molecule has 1 aliphatic heterocycles. The zero-order chi connectivity index (χ0) is 18.2. The van der Waals surface area contributed by atoms with Gasteiger partial charge in [-0.3, -0.25) is 4.84 Å². The molecule has 0 spiro atoms. The summed E-state index contributed by atoms with van der Waals surface area (Å²) in [5.41, 5.74) is 3.04. The first-order valence-corrected chi connectivity index (χ1v) is 11.9. The quantitative estimate of drug-likeness (QED) is 0.659. The minimum absolute atomic E-state index is 0.157. The highest BCUT2D eigenvalue weighted by molar-refractivity contribution is 9.09. The Labute approximate surface area is 159 Å². The molecular weight excluding hydrogens is 411 g/mol. The molecule has 3 rings (SSSR count). The fourth-order valence-electron chi connectivity index (χ4n) is 4.86. The van der Waals surface area contributed by atoms with E-state index in [4.69, 9.17) is 4.84 Å². The lowest BCUT2D eigenvalue weighted by molar-refractivity contribution is 0.0227. The Kier molecular flexibility index (Phi) is 6.46. The Morgan fingerprint density at radius 2 is 1.80 bits per heavy atom. The van der Waals surface area contributed by atoms with Gasteiger partial charge < -0.3 is 0 Å². The molecule has 25 heavy (non-hydrogen) atoms. The summed E-state index contributed by atoms with van der Waals surface area (Å²) in [6.07, 6.45) is 3.90. The first-order valence-electron chi connectivity index (χ1n) is 9.48. The number of alkyl halides is 2. The van der Waals surface area contributed by atoms with Crippen molar-refractivity contribution < 1.29 is 17.6 Å². The highest BCUT2D eigenvalue weighted by Crippen LogP contribution is 2.38. The minimum Gasteiger partial charge on any atom is -0.298 e. The molecule has 0 aromatic rings. The van der Waals surface area contributed by atoms with Crippen molar-refractivity contribution in [1.82, 2.24) is 10.2 Å². The second-order valence-corrected chi connectivity index (χ2v) is 11.3. The third-order valence-electron chi connectivity index (χ3n) is 6.29. The molecule has 1 saturated heterocycles. The maximum atomic E-state index is 14.2. The number of hydrogen-bond acceptors (Lipinski definition) is 4. The van der Waals surface area contributed by atoms with Gasteiger partial charge in [0.1, 0.15) is 6.17 Å². The molecule has 2 N–H and O–H groups in total. The molecule has 6 unspecified atom stereocenters. The molecule has 2 aliphatic carbocycles. The first-order chi connectivity index (χ1) is 11.8. The summed E-state index contributed by atoms with van der Waals surface area (Å²) in [6.45, 7) is 4.20. The monoisotopic (exact) mass is 440 g/mol. The number of sulfonamides is 1. The first kappa shape index (κ1) is 20.0. The van der Waals surface area contributed by atoms with Crippen LogP contribution in [0.4, 0.5) is 4.39 Å². The van der Waals surface area contributed by atoms with Crippen molar-refractivity contribution in [2.24, 2.45) is 11.8 Å². The summed E-state index contributed by atoms with van der Waals surface area (Å²) < 4.78 is 42.3. The van der Waals surface area contributed by atoms with E-state index in [0.717, 1.165) is 19.3 Å². The second-order valence-electron chi connectivity index (χ2n) is 8.04. The van der Waals surface area contributed by atoms with Crippen molar-refractivity contribution in [2.75, 3.05) is 0 Å². The lowest BCUT2D eigenvalue weighted by atomic mass is 9.75. The van der Waals surface area contributed by atoms with E-state index in [2.05, 4.69) is 40.0 Å². The Hall–Kier alpha value is 0.240. The van der Waals surface area contributed by atoms with Crippen LogP contribution < -0.4 is 10.2 Å². The summed E-state index contributed by atoms with van der Waals surface area (Å²) in [5.74, 6) is 0.922. The van der Waals surface area contributed by atoms with E-state index >= 15 is 0 Å². The largest absolute Gasteiger partial charge is 0.298 e. The standard InChI is InChI=1S/C17H30BrFN2O3S/c1-10-17(11(2)24-20-10)12-3-6-14(7-4-12)25(22,23)21-16-8-5-13(18)9-15(16)19/h10-17,20-21H,3-9H2,1-2H3. The maximum absolute atomic E-state index is 14.2. The van der Waals surface area contributed by atoms with Gasteiger partial charge in [0, 0.05) is 16.8 Å². The minimum atomic E-state index is -3.46. The number of rotatable bonds is 4. The maximum Gasteiger partial charge on any atom is 0.214 e. The van der Waals surface area contributed by atoms with E-state index in [1.54, 1.807) is 0 Å². The Morgan fingerprint density at radius 1 is 1.12 bits per heavy atom. The number of halogens is 2. The fraction of sp³-hybridized carbons (Fsp3) is 1.00. The summed E-state index contributed by atoms with van der Waals surface area (Å²) >= 11 is 3.43. The van der Waals surface area contributed by atoms with Crippen molar-refractivity contribution in [3.8, 4) is 0 Å². The molecule has 0 aromatic carbocycles. The highest BCUT2D eigenvalue weighted by atomic mass is 79.9. The van der Waals surface area contributed by atoms with Gasteiger partial charge in [-0.05, 0) is 64.7 Å². The van der Waals surface area contributed by atoms with Crippen LogP contribution in [-0.4, -0.2) is 42.9 Å². The van der Waals surface area contributed by atoms with Crippen LogP contribution in [0.3, 0.4) is 0 Å². The average molecular weight is 441 g/mol. The van der Waals surface area contributed by atoms with Gasteiger partial charge in [0.25, 0.3) is 0 Å². The summed E-state index contributed by atoms with van der Waals surface area (Å²) in [4.78, 5) is 5.68. The third-order valence-corrected chi connectivity index (χ3v) is 9.10. The molecule has 0 bridgehead atoms. The Bertz CT molecular complexity index is 546. The normalized spacial score (nSPS) is 46.2. The zero-order valence-electron chi connectivity index (χ0n) is 15.0. The molecule has 1 heterocycles. The summed E-state index contributed by atoms with van der Waals surface area (Å²) in [5, 5.41) is -0.390. The molecule has 6 atom stereocenters. The molecule has 3 fully saturated rings. The van der Waals surface area contributed by atoms with Crippen molar-refractivity contribution in [1.29, 1.82) is 0 Å². The fourth-order valence-corrected chi connectivity index (χ4v) is 7.26. The Morgan fingerprint density at radius 3 is 2.36 bits per heavy atom. The van der Waals surface area contributed by atoms with Crippen LogP contribution in [0.15, 0.2) is 0 Å². The van der Waals surface area contributed by atoms with E-state index in [9.17, 15) is 12.8 Å². The van der Waals surface area contributed by atoms with Crippen LogP contribution in [0.5, 0.6) is 0 Å². The lowest BCUT2D eigenvalue weighted by Crippen LogP contribution is -2.49. The van der Waals surface area contributed by atoms with Gasteiger partial charge in [0.2, 0.25) is 10.0 Å². The van der Waals surface area contributed by atoms with Gasteiger partial charge in [0.05, 0.1) is 17.4 Å². The van der Waals surface area contributed by atoms with E-state index in [-0.39, 0.29) is 10.9 Å². The Balaban J connectivity index is 1.54. The van der Waals surface area contributed by atoms with E-state index in [1.165, 1.54) is 0 Å². The molecule has 0 amide bonds. The van der Waals surface area contributed by atoms with Crippen LogP contribution in [0.25, 0.3) is 0 Å². The average Bonchev–Trinajstić information content (AvgIpc) is 2.89. The van der Waals surface area contributed by atoms with Crippen molar-refractivity contribution >= 4 is 26.0 Å². The smallest absolute Gasteiger partial charge is 0.214 e. The lowest BCUT2D eigenvalue weighted by Gasteiger charge is -2.35. The molecule has 0 radical (unpaired) electrons. The van der Waals surface area contributed by atoms with Crippen molar-refractivity contribution in [3.05, 3.63) is 0 Å². The highest BCUT2D eigenvalue weighted by Gasteiger charge is 2.42. The number of hydrogen-bond donors (Lipinski definition) is 2. The molecule has 0 aromatic heterocycles. The van der Waals surface area contributed by atoms with Gasteiger partial charge in [-0.25, -0.2) is 17.5 Å². The van der Waals surface area contributed by atoms with Gasteiger partial charge in [-0.1, -0.05) is 15.9 Å². The second kappa shape index (κ2) is 8.09. The molecule has 5 nitrogen and oxygen atoms in total. The summed E-state index contributed by atoms with van der Waals surface area (Å²) in [6, 6.07) is -0.262. The van der Waals surface area contributed by atoms with E-state index < -0.39 is 27.5 Å². The molecule has 2 saturated carbocycles. The predicted octanol–water partition coefficient (Wildman–Crippen LogP) is 3.05. The SMILES string of the molecule is CC1NOC(C)C1C1CCC(S(=O)(=O)NC2CCC(Br)CC2F)CC1. The molecule has 3 aliphatic rings. The molecule has 8 heteroatoms. The van der Waals surface area contributed by atoms with Crippen LogP contribution in [0, 0.1) is 11.8 Å². The molecule has 146 valence electrons. The number of nitrogens with one attached hydrogen (secondary N) is 2. The van der Waals surface area contributed by atoms with Crippen LogP contribution in [-0.2, 0) is 14.9 Å². The van der Waals surface area contributed by atoms with Crippen molar-refractivity contribution in [2.45, 2.75) is 93.2 Å². The summed E-state index contributed by atoms with van der Waals surface area (Å²) in [7, 11) is -3.46. The van der Waals surface area contributed by atoms with Crippen LogP contribution in [0.2, 0.25) is 0 Å². The van der Waals surface area contributed by atoms with Gasteiger partial charge >= 0.3 is 0 Å². The van der Waals surface area contributed by atoms with Gasteiger partial charge in [-0.15, -0.1) is 0 Å². The van der Waals surface area contributed by atoms with E-state index in [1.807, 2.05) is 0 Å². The van der Waals surface area contributed by atoms with Crippen LogP contribution in [0.1, 0.15) is 58.8 Å². The van der Waals surface area contributed by atoms with E-state index in [0.29, 0.717) is 43.6 Å². The topological polar surface area (TPSA) is 67.4 Å². The van der Waals surface area contributed by atoms with Crippen LogP contribution >= 0.6 is 15.9 Å². The number of hydroxylamine groups is 1. The molecular formula is C17H30BrFN2O3S. The zero-order valence-corrected chi connectivity index (χ0v) is 17.4.